The maximum absolute atomic E-state index is 12.6. The third-order valence-electron chi connectivity index (χ3n) is 3.92. The molecule has 0 fully saturated rings. The number of rotatable bonds is 10. The monoisotopic (exact) mass is 396 g/mol. The number of nitriles is 1. The van der Waals surface area contributed by atoms with Crippen molar-refractivity contribution in [1.29, 1.82) is 5.26 Å². The molecule has 0 atom stereocenters. The van der Waals surface area contributed by atoms with Crippen LogP contribution in [0.3, 0.4) is 0 Å². The lowest BCUT2D eigenvalue weighted by atomic mass is 10.2. The molecule has 0 aromatic heterocycles. The number of hydrogen-bond acceptors (Lipinski definition) is 6. The molecule has 0 spiro atoms. The Labute approximate surface area is 170 Å². The van der Waals surface area contributed by atoms with E-state index in [1.165, 1.54) is 11.0 Å². The van der Waals surface area contributed by atoms with Crippen molar-refractivity contribution in [3.05, 3.63) is 54.1 Å². The van der Waals surface area contributed by atoms with Crippen molar-refractivity contribution in [3.8, 4) is 17.6 Å². The average molecular weight is 396 g/mol. The van der Waals surface area contributed by atoms with Gasteiger partial charge in [0.15, 0.2) is 18.1 Å². The Morgan fingerprint density at radius 3 is 2.34 bits per heavy atom. The first kappa shape index (κ1) is 21.8. The van der Waals surface area contributed by atoms with Gasteiger partial charge in [-0.1, -0.05) is 18.2 Å². The zero-order valence-corrected chi connectivity index (χ0v) is 16.6. The molecule has 2 aromatic carbocycles. The van der Waals surface area contributed by atoms with Crippen LogP contribution in [0, 0.1) is 11.3 Å². The number of carbonyl (C=O) groups is 2. The number of benzene rings is 2. The topological polar surface area (TPSA) is 88.9 Å². The number of carbonyl (C=O) groups excluding carboxylic acids is 2. The van der Waals surface area contributed by atoms with Crippen molar-refractivity contribution in [2.75, 3.05) is 31.3 Å². The predicted molar refractivity (Wildman–Crippen MR) is 108 cm³/mol. The highest BCUT2D eigenvalue weighted by atomic mass is 16.5. The van der Waals surface area contributed by atoms with Gasteiger partial charge in [0, 0.05) is 12.2 Å². The first-order chi connectivity index (χ1) is 14.1. The Balaban J connectivity index is 2.07. The Bertz CT molecular complexity index is 861. The van der Waals surface area contributed by atoms with E-state index in [9.17, 15) is 9.59 Å². The van der Waals surface area contributed by atoms with E-state index in [-0.39, 0.29) is 18.5 Å². The molecule has 0 unspecified atom stereocenters. The summed E-state index contributed by atoms with van der Waals surface area (Å²) in [4.78, 5) is 26.4. The van der Waals surface area contributed by atoms with Crippen LogP contribution in [-0.4, -0.2) is 38.2 Å². The van der Waals surface area contributed by atoms with Gasteiger partial charge in [-0.15, -0.1) is 0 Å². The summed E-state index contributed by atoms with van der Waals surface area (Å²) >= 11 is 0. The van der Waals surface area contributed by atoms with Crippen LogP contribution < -0.4 is 14.4 Å². The van der Waals surface area contributed by atoms with E-state index < -0.39 is 18.5 Å². The van der Waals surface area contributed by atoms with Gasteiger partial charge >= 0.3 is 5.97 Å². The van der Waals surface area contributed by atoms with Crippen molar-refractivity contribution in [1.82, 2.24) is 0 Å². The third-order valence-corrected chi connectivity index (χ3v) is 3.92. The molecule has 2 aromatic rings. The summed E-state index contributed by atoms with van der Waals surface area (Å²) in [6, 6.07) is 15.7. The Kier molecular flexibility index (Phi) is 8.51. The summed E-state index contributed by atoms with van der Waals surface area (Å²) in [5, 5.41) is 8.85. The van der Waals surface area contributed by atoms with Gasteiger partial charge in [0.05, 0.1) is 31.3 Å². The predicted octanol–water partition coefficient (Wildman–Crippen LogP) is 3.59. The molecule has 0 aliphatic heterocycles. The number of para-hydroxylation sites is 1. The van der Waals surface area contributed by atoms with Gasteiger partial charge in [-0.2, -0.15) is 5.26 Å². The highest BCUT2D eigenvalue weighted by Gasteiger charge is 2.19. The fourth-order valence-corrected chi connectivity index (χ4v) is 2.63. The smallest absolute Gasteiger partial charge is 0.338 e. The Hall–Kier alpha value is -3.53. The fraction of sp³-hybridized carbons (Fsp3) is 0.318. The minimum atomic E-state index is -0.643. The van der Waals surface area contributed by atoms with E-state index in [2.05, 4.69) is 0 Å². The Morgan fingerprint density at radius 1 is 1.00 bits per heavy atom. The van der Waals surface area contributed by atoms with E-state index in [1.54, 1.807) is 36.4 Å². The van der Waals surface area contributed by atoms with Crippen LogP contribution in [0.5, 0.6) is 11.5 Å². The molecule has 1 amide bonds. The van der Waals surface area contributed by atoms with E-state index in [1.807, 2.05) is 26.0 Å². The summed E-state index contributed by atoms with van der Waals surface area (Å²) in [7, 11) is 0. The highest BCUT2D eigenvalue weighted by Crippen LogP contribution is 2.28. The molecule has 7 heteroatoms. The van der Waals surface area contributed by atoms with Crippen molar-refractivity contribution >= 4 is 17.6 Å². The maximum atomic E-state index is 12.6. The summed E-state index contributed by atoms with van der Waals surface area (Å²) in [6.07, 6.45) is 0.172. The average Bonchev–Trinajstić information content (AvgIpc) is 2.74. The van der Waals surface area contributed by atoms with E-state index in [0.29, 0.717) is 30.4 Å². The van der Waals surface area contributed by atoms with Gasteiger partial charge in [0.1, 0.15) is 0 Å². The van der Waals surface area contributed by atoms with Crippen molar-refractivity contribution < 1.29 is 23.8 Å². The van der Waals surface area contributed by atoms with Gasteiger partial charge < -0.3 is 19.1 Å². The lowest BCUT2D eigenvalue weighted by molar-refractivity contribution is -0.121. The number of ether oxygens (including phenoxy) is 3. The second kappa shape index (κ2) is 11.3. The van der Waals surface area contributed by atoms with Crippen LogP contribution in [0.4, 0.5) is 5.69 Å². The molecule has 0 bridgehead atoms. The second-order valence-corrected chi connectivity index (χ2v) is 5.89. The highest BCUT2D eigenvalue weighted by molar-refractivity contribution is 5.97. The first-order valence-electron chi connectivity index (χ1n) is 9.39. The van der Waals surface area contributed by atoms with E-state index >= 15 is 0 Å². The second-order valence-electron chi connectivity index (χ2n) is 5.89. The number of hydrogen-bond donors (Lipinski definition) is 0. The summed E-state index contributed by atoms with van der Waals surface area (Å²) in [5.41, 5.74) is 0.900. The molecule has 0 radical (unpaired) electrons. The molecule has 7 nitrogen and oxygen atoms in total. The van der Waals surface area contributed by atoms with Crippen LogP contribution in [0.15, 0.2) is 48.5 Å². The van der Waals surface area contributed by atoms with Gasteiger partial charge in [0.2, 0.25) is 0 Å². The van der Waals surface area contributed by atoms with Gasteiger partial charge in [-0.25, -0.2) is 4.79 Å². The minimum Gasteiger partial charge on any atom is -0.490 e. The van der Waals surface area contributed by atoms with Crippen LogP contribution >= 0.6 is 0 Å². The van der Waals surface area contributed by atoms with Crippen molar-refractivity contribution in [2.24, 2.45) is 0 Å². The van der Waals surface area contributed by atoms with Crippen LogP contribution in [0.25, 0.3) is 0 Å². The molecule has 0 saturated heterocycles. The molecule has 152 valence electrons. The lowest BCUT2D eigenvalue weighted by Gasteiger charge is -2.21. The third kappa shape index (κ3) is 6.25. The standard InChI is InChI=1S/C22H24N2O5/c1-3-27-19-12-11-17(15-20(19)28-4-2)22(26)29-16-21(25)24(14-8-13-23)18-9-6-5-7-10-18/h5-7,9-12,15H,3-4,8,14,16H2,1-2H3. The first-order valence-corrected chi connectivity index (χ1v) is 9.39. The van der Waals surface area contributed by atoms with Crippen molar-refractivity contribution in [2.45, 2.75) is 20.3 Å². The summed E-state index contributed by atoms with van der Waals surface area (Å²) in [5.74, 6) is -0.0739. The SMILES string of the molecule is CCOc1ccc(C(=O)OCC(=O)N(CCC#N)c2ccccc2)cc1OCC. The number of anilines is 1. The van der Waals surface area contributed by atoms with E-state index in [0.717, 1.165) is 0 Å². The quantitative estimate of drug-likeness (QED) is 0.570. The molecule has 0 heterocycles. The van der Waals surface area contributed by atoms with E-state index in [4.69, 9.17) is 19.5 Å². The minimum absolute atomic E-state index is 0.172. The summed E-state index contributed by atoms with van der Waals surface area (Å²) in [6.45, 7) is 4.36. The van der Waals surface area contributed by atoms with Gasteiger partial charge in [0.25, 0.3) is 5.91 Å². The number of esters is 1. The lowest BCUT2D eigenvalue weighted by Crippen LogP contribution is -2.35. The molecular formula is C22H24N2O5. The number of amides is 1. The molecule has 0 saturated carbocycles. The van der Waals surface area contributed by atoms with Crippen LogP contribution in [-0.2, 0) is 9.53 Å². The molecule has 2 rings (SSSR count). The zero-order valence-electron chi connectivity index (χ0n) is 16.6. The normalized spacial score (nSPS) is 9.97. The Morgan fingerprint density at radius 2 is 1.69 bits per heavy atom. The van der Waals surface area contributed by atoms with Gasteiger partial charge in [-0.05, 0) is 44.2 Å². The molecule has 0 N–H and O–H groups in total. The largest absolute Gasteiger partial charge is 0.490 e. The van der Waals surface area contributed by atoms with Crippen LogP contribution in [0.2, 0.25) is 0 Å². The molecule has 0 aliphatic carbocycles. The van der Waals surface area contributed by atoms with Crippen LogP contribution in [0.1, 0.15) is 30.6 Å². The van der Waals surface area contributed by atoms with Gasteiger partial charge in [-0.3, -0.25) is 4.79 Å². The number of nitrogens with zero attached hydrogens (tertiary/aromatic N) is 2. The molecule has 29 heavy (non-hydrogen) atoms. The molecular weight excluding hydrogens is 372 g/mol. The maximum Gasteiger partial charge on any atom is 0.338 e. The fourth-order valence-electron chi connectivity index (χ4n) is 2.63. The summed E-state index contributed by atoms with van der Waals surface area (Å²) < 4.78 is 16.2. The zero-order chi connectivity index (χ0) is 21.1. The molecule has 0 aliphatic rings. The van der Waals surface area contributed by atoms with Crippen molar-refractivity contribution in [3.63, 3.8) is 0 Å².